The Bertz CT molecular complexity index is 639. The quantitative estimate of drug-likeness (QED) is 0.507. The number of hydrogen-bond acceptors (Lipinski definition) is 2. The summed E-state index contributed by atoms with van der Waals surface area (Å²) >= 11 is 0. The maximum atomic E-state index is 12.1. The second kappa shape index (κ2) is 5.53. The van der Waals surface area contributed by atoms with E-state index in [0.717, 1.165) is 11.1 Å². The molecular weight excluding hydrogens is 236 g/mol. The minimum absolute atomic E-state index is 0.00588. The minimum Gasteiger partial charge on any atom is -0.507 e. The first kappa shape index (κ1) is 13.1. The number of hydrogen-bond donors (Lipinski definition) is 1. The summed E-state index contributed by atoms with van der Waals surface area (Å²) in [5.41, 5.74) is 3.14. The third-order valence-corrected chi connectivity index (χ3v) is 3.10. The van der Waals surface area contributed by atoms with Gasteiger partial charge in [-0.2, -0.15) is 0 Å². The van der Waals surface area contributed by atoms with Gasteiger partial charge in [0.25, 0.3) is 0 Å². The zero-order valence-electron chi connectivity index (χ0n) is 11.1. The van der Waals surface area contributed by atoms with Crippen LogP contribution in [0.2, 0.25) is 0 Å². The third kappa shape index (κ3) is 2.91. The van der Waals surface area contributed by atoms with Crippen LogP contribution in [0.15, 0.2) is 54.6 Å². The fraction of sp³-hybridized carbons (Fsp3) is 0.118. The summed E-state index contributed by atoms with van der Waals surface area (Å²) in [7, 11) is 0. The van der Waals surface area contributed by atoms with E-state index >= 15 is 0 Å². The highest BCUT2D eigenvalue weighted by Crippen LogP contribution is 2.17. The second-order valence-corrected chi connectivity index (χ2v) is 4.52. The highest BCUT2D eigenvalue weighted by atomic mass is 16.3. The Balaban J connectivity index is 2.34. The summed E-state index contributed by atoms with van der Waals surface area (Å²) in [6.45, 7) is 3.78. The second-order valence-electron chi connectivity index (χ2n) is 4.52. The lowest BCUT2D eigenvalue weighted by molar-refractivity contribution is 0.104. The van der Waals surface area contributed by atoms with Crippen molar-refractivity contribution in [2.75, 3.05) is 0 Å². The zero-order chi connectivity index (χ0) is 13.8. The average Bonchev–Trinajstić information content (AvgIpc) is 2.39. The molecule has 0 spiro atoms. The van der Waals surface area contributed by atoms with Gasteiger partial charge in [-0.15, -0.1) is 0 Å². The molecule has 1 N–H and O–H groups in total. The van der Waals surface area contributed by atoms with Crippen LogP contribution in [0.25, 0.3) is 5.76 Å². The number of aliphatic hydroxyl groups excluding tert-OH is 1. The predicted octanol–water partition coefficient (Wildman–Crippen LogP) is 4.09. The highest BCUT2D eigenvalue weighted by molar-refractivity contribution is 6.08. The monoisotopic (exact) mass is 252 g/mol. The van der Waals surface area contributed by atoms with E-state index < -0.39 is 0 Å². The average molecular weight is 252 g/mol. The summed E-state index contributed by atoms with van der Waals surface area (Å²) in [5, 5.41) is 10.1. The molecule has 2 rings (SSSR count). The normalized spacial score (nSPS) is 11.4. The Hall–Kier alpha value is -2.35. The van der Waals surface area contributed by atoms with Crippen molar-refractivity contribution in [3.05, 3.63) is 76.9 Å². The first-order chi connectivity index (χ1) is 9.09. The number of ketones is 1. The molecule has 2 aromatic carbocycles. The van der Waals surface area contributed by atoms with Crippen molar-refractivity contribution in [2.45, 2.75) is 13.8 Å². The van der Waals surface area contributed by atoms with Crippen molar-refractivity contribution in [2.24, 2.45) is 0 Å². The van der Waals surface area contributed by atoms with Crippen LogP contribution >= 0.6 is 0 Å². The Labute approximate surface area is 113 Å². The van der Waals surface area contributed by atoms with E-state index in [1.54, 1.807) is 12.1 Å². The number of aryl methyl sites for hydroxylation is 2. The van der Waals surface area contributed by atoms with Gasteiger partial charge in [-0.3, -0.25) is 4.79 Å². The van der Waals surface area contributed by atoms with Gasteiger partial charge in [0, 0.05) is 17.2 Å². The Kier molecular flexibility index (Phi) is 3.81. The number of benzene rings is 2. The van der Waals surface area contributed by atoms with Crippen LogP contribution in [0.5, 0.6) is 0 Å². The molecule has 0 aliphatic heterocycles. The van der Waals surface area contributed by atoms with Crippen LogP contribution in [0.1, 0.15) is 27.0 Å². The van der Waals surface area contributed by atoms with Gasteiger partial charge in [-0.05, 0) is 25.0 Å². The topological polar surface area (TPSA) is 37.3 Å². The van der Waals surface area contributed by atoms with Crippen molar-refractivity contribution in [3.8, 4) is 0 Å². The lowest BCUT2D eigenvalue weighted by Crippen LogP contribution is -1.99. The highest BCUT2D eigenvalue weighted by Gasteiger charge is 2.09. The van der Waals surface area contributed by atoms with Gasteiger partial charge in [-0.25, -0.2) is 0 Å². The fourth-order valence-corrected chi connectivity index (χ4v) is 1.99. The van der Waals surface area contributed by atoms with Crippen LogP contribution in [-0.4, -0.2) is 10.9 Å². The van der Waals surface area contributed by atoms with Crippen molar-refractivity contribution < 1.29 is 9.90 Å². The summed E-state index contributed by atoms with van der Waals surface area (Å²) in [6.07, 6.45) is 1.28. The molecule has 0 saturated carbocycles. The van der Waals surface area contributed by atoms with Gasteiger partial charge < -0.3 is 5.11 Å². The molecule has 2 heteroatoms. The number of rotatable bonds is 3. The molecule has 0 heterocycles. The van der Waals surface area contributed by atoms with E-state index in [2.05, 4.69) is 0 Å². The molecule has 2 nitrogen and oxygen atoms in total. The number of aliphatic hydroxyl groups is 1. The van der Waals surface area contributed by atoms with Crippen molar-refractivity contribution >= 4 is 11.5 Å². The molecule has 0 radical (unpaired) electrons. The van der Waals surface area contributed by atoms with Crippen LogP contribution in [0, 0.1) is 13.8 Å². The lowest BCUT2D eigenvalue weighted by atomic mass is 10.0. The molecular formula is C17H16O2. The Morgan fingerprint density at radius 2 is 1.37 bits per heavy atom. The maximum Gasteiger partial charge on any atom is 0.189 e. The van der Waals surface area contributed by atoms with Crippen LogP contribution in [0.3, 0.4) is 0 Å². The van der Waals surface area contributed by atoms with Crippen molar-refractivity contribution in [1.29, 1.82) is 0 Å². The lowest BCUT2D eigenvalue weighted by Gasteiger charge is -2.05. The third-order valence-electron chi connectivity index (χ3n) is 3.10. The van der Waals surface area contributed by atoms with Crippen molar-refractivity contribution in [3.63, 3.8) is 0 Å². The van der Waals surface area contributed by atoms with Gasteiger partial charge in [0.15, 0.2) is 5.78 Å². The molecule has 0 aliphatic rings. The minimum atomic E-state index is -0.182. The molecule has 0 unspecified atom stereocenters. The van der Waals surface area contributed by atoms with E-state index in [-0.39, 0.29) is 11.5 Å². The molecule has 96 valence electrons. The Morgan fingerprint density at radius 3 is 1.89 bits per heavy atom. The molecule has 0 bridgehead atoms. The van der Waals surface area contributed by atoms with Crippen LogP contribution in [0.4, 0.5) is 0 Å². The fourth-order valence-electron chi connectivity index (χ4n) is 1.99. The summed E-state index contributed by atoms with van der Waals surface area (Å²) in [4.78, 5) is 12.1. The summed E-state index contributed by atoms with van der Waals surface area (Å²) in [6, 6.07) is 14.8. The number of carbonyl (C=O) groups is 1. The van der Waals surface area contributed by atoms with Gasteiger partial charge in [0.2, 0.25) is 0 Å². The van der Waals surface area contributed by atoms with E-state index in [1.165, 1.54) is 6.08 Å². The molecule has 0 saturated heterocycles. The van der Waals surface area contributed by atoms with E-state index in [4.69, 9.17) is 0 Å². The molecule has 0 aliphatic carbocycles. The Morgan fingerprint density at radius 1 is 0.895 bits per heavy atom. The SMILES string of the molecule is Cc1ccccc1C(=O)/C=C(\O)c1ccccc1C. The number of allylic oxidation sites excluding steroid dienone is 1. The maximum absolute atomic E-state index is 12.1. The number of carbonyl (C=O) groups excluding carboxylic acids is 1. The zero-order valence-corrected chi connectivity index (χ0v) is 11.1. The van der Waals surface area contributed by atoms with Crippen LogP contribution in [-0.2, 0) is 0 Å². The standard InChI is InChI=1S/C17H16O2/c1-12-7-3-5-9-14(12)16(18)11-17(19)15-10-6-4-8-13(15)2/h3-11,18H,1-2H3/b16-11-. The first-order valence-corrected chi connectivity index (χ1v) is 6.16. The van der Waals surface area contributed by atoms with Crippen LogP contribution < -0.4 is 0 Å². The van der Waals surface area contributed by atoms with Crippen molar-refractivity contribution in [1.82, 2.24) is 0 Å². The van der Waals surface area contributed by atoms with Gasteiger partial charge in [-0.1, -0.05) is 48.5 Å². The molecule has 0 fully saturated rings. The predicted molar refractivity (Wildman–Crippen MR) is 77.3 cm³/mol. The molecule has 2 aromatic rings. The van der Waals surface area contributed by atoms with Gasteiger partial charge in [0.1, 0.15) is 5.76 Å². The summed E-state index contributed by atoms with van der Waals surface area (Å²) in [5.74, 6) is -0.176. The van der Waals surface area contributed by atoms with E-state index in [9.17, 15) is 9.90 Å². The van der Waals surface area contributed by atoms with E-state index in [1.807, 2.05) is 50.2 Å². The van der Waals surface area contributed by atoms with Gasteiger partial charge in [0.05, 0.1) is 0 Å². The van der Waals surface area contributed by atoms with Gasteiger partial charge >= 0.3 is 0 Å². The van der Waals surface area contributed by atoms with E-state index in [0.29, 0.717) is 11.1 Å². The smallest absolute Gasteiger partial charge is 0.189 e. The molecule has 19 heavy (non-hydrogen) atoms. The molecule has 0 aromatic heterocycles. The molecule has 0 atom stereocenters. The first-order valence-electron chi connectivity index (χ1n) is 6.16. The largest absolute Gasteiger partial charge is 0.507 e. The molecule has 0 amide bonds. The summed E-state index contributed by atoms with van der Waals surface area (Å²) < 4.78 is 0.